The number of imidazole rings is 1. The molecule has 0 aliphatic carbocycles. The van der Waals surface area contributed by atoms with E-state index in [1.165, 1.54) is 0 Å². The van der Waals surface area contributed by atoms with Crippen LogP contribution >= 0.6 is 0 Å². The first-order valence-electron chi connectivity index (χ1n) is 9.52. The molecule has 152 valence electrons. The minimum atomic E-state index is -3.18. The molecule has 2 aromatic rings. The maximum absolute atomic E-state index is 11.1. The first kappa shape index (κ1) is 21.6. The highest BCUT2D eigenvalue weighted by atomic mass is 32.2. The summed E-state index contributed by atoms with van der Waals surface area (Å²) in [4.78, 5) is 9.07. The number of ether oxygens (including phenoxy) is 1. The molecule has 0 aromatic carbocycles. The van der Waals surface area contributed by atoms with Crippen molar-refractivity contribution >= 4 is 26.9 Å². The molecule has 0 aliphatic heterocycles. The Morgan fingerprint density at radius 2 is 2.00 bits per heavy atom. The fraction of sp³-hybridized carbons (Fsp3) is 0.667. The van der Waals surface area contributed by atoms with E-state index in [9.17, 15) is 8.42 Å². The summed E-state index contributed by atoms with van der Waals surface area (Å²) >= 11 is 0. The van der Waals surface area contributed by atoms with E-state index in [-0.39, 0.29) is 6.54 Å². The Labute approximate surface area is 161 Å². The lowest BCUT2D eigenvalue weighted by atomic mass is 10.1. The molecule has 2 rings (SSSR count). The molecule has 0 amide bonds. The zero-order chi connectivity index (χ0) is 19.9. The van der Waals surface area contributed by atoms with Gasteiger partial charge in [0.05, 0.1) is 25.0 Å². The summed E-state index contributed by atoms with van der Waals surface area (Å²) in [5.41, 5.74) is 9.07. The van der Waals surface area contributed by atoms with Crippen LogP contribution in [0.1, 0.15) is 44.5 Å². The zero-order valence-corrected chi connectivity index (χ0v) is 17.3. The Kier molecular flexibility index (Phi) is 8.00. The number of sulfonamides is 1. The number of nitrogens with two attached hydrogens (primary N) is 1. The number of aryl methyl sites for hydroxylation is 2. The van der Waals surface area contributed by atoms with Gasteiger partial charge in [-0.1, -0.05) is 20.3 Å². The van der Waals surface area contributed by atoms with Crippen LogP contribution in [0, 0.1) is 0 Å². The van der Waals surface area contributed by atoms with Crippen molar-refractivity contribution in [3.05, 3.63) is 17.6 Å². The van der Waals surface area contributed by atoms with Crippen LogP contribution in [-0.4, -0.2) is 49.0 Å². The summed E-state index contributed by atoms with van der Waals surface area (Å²) in [7, 11) is -3.18. The van der Waals surface area contributed by atoms with Crippen molar-refractivity contribution in [1.29, 1.82) is 0 Å². The van der Waals surface area contributed by atoms with Crippen LogP contribution in [0.5, 0.6) is 0 Å². The monoisotopic (exact) mass is 397 g/mol. The second-order valence-corrected chi connectivity index (χ2v) is 8.51. The third kappa shape index (κ3) is 6.15. The molecule has 0 bridgehead atoms. The maximum Gasteiger partial charge on any atom is 0.208 e. The van der Waals surface area contributed by atoms with Crippen molar-refractivity contribution in [2.24, 2.45) is 0 Å². The van der Waals surface area contributed by atoms with Crippen molar-refractivity contribution in [3.63, 3.8) is 0 Å². The molecule has 0 radical (unpaired) electrons. The summed E-state index contributed by atoms with van der Waals surface area (Å²) in [5, 5.41) is 0. The molecular formula is C18H31N5O3S. The quantitative estimate of drug-likeness (QED) is 0.529. The summed E-state index contributed by atoms with van der Waals surface area (Å²) in [6.07, 6.45) is 7.98. The van der Waals surface area contributed by atoms with E-state index < -0.39 is 10.0 Å². The fourth-order valence-corrected chi connectivity index (χ4v) is 3.49. The lowest BCUT2D eigenvalue weighted by molar-refractivity contribution is 0.131. The molecule has 0 saturated heterocycles. The van der Waals surface area contributed by atoms with Crippen molar-refractivity contribution in [2.75, 3.05) is 31.7 Å². The summed E-state index contributed by atoms with van der Waals surface area (Å²) in [6, 6.07) is 0. The van der Waals surface area contributed by atoms with Gasteiger partial charge in [0.15, 0.2) is 5.82 Å². The van der Waals surface area contributed by atoms with Crippen LogP contribution in [0.4, 0.5) is 5.82 Å². The molecule has 8 nitrogen and oxygen atoms in total. The SMILES string of the molecule is CCCCc1cnc(N)c2nc(CCC)n(CCOCCNS(C)(=O)=O)c12. The van der Waals surface area contributed by atoms with Gasteiger partial charge in [0, 0.05) is 25.7 Å². The second kappa shape index (κ2) is 10.0. The second-order valence-electron chi connectivity index (χ2n) is 6.68. The molecule has 0 aliphatic rings. The number of hydrogen-bond donors (Lipinski definition) is 2. The third-order valence-corrected chi connectivity index (χ3v) is 5.02. The van der Waals surface area contributed by atoms with E-state index in [1.807, 2.05) is 6.20 Å². The van der Waals surface area contributed by atoms with Gasteiger partial charge in [0.1, 0.15) is 11.3 Å². The summed E-state index contributed by atoms with van der Waals surface area (Å²) in [5.74, 6) is 1.45. The molecule has 0 saturated carbocycles. The first-order valence-corrected chi connectivity index (χ1v) is 11.4. The number of nitrogen functional groups attached to an aromatic ring is 1. The highest BCUT2D eigenvalue weighted by Crippen LogP contribution is 2.26. The number of pyridine rings is 1. The van der Waals surface area contributed by atoms with Gasteiger partial charge in [-0.15, -0.1) is 0 Å². The van der Waals surface area contributed by atoms with Crippen LogP contribution in [-0.2, 0) is 34.1 Å². The maximum atomic E-state index is 11.1. The lowest BCUT2D eigenvalue weighted by Crippen LogP contribution is -2.26. The third-order valence-electron chi connectivity index (χ3n) is 4.30. The lowest BCUT2D eigenvalue weighted by Gasteiger charge is -2.12. The predicted octanol–water partition coefficient (Wildman–Crippen LogP) is 1.87. The number of anilines is 1. The highest BCUT2D eigenvalue weighted by Gasteiger charge is 2.16. The summed E-state index contributed by atoms with van der Waals surface area (Å²) < 4.78 is 32.4. The largest absolute Gasteiger partial charge is 0.382 e. The van der Waals surface area contributed by atoms with E-state index in [4.69, 9.17) is 15.5 Å². The topological polar surface area (TPSA) is 112 Å². The van der Waals surface area contributed by atoms with Crippen molar-refractivity contribution in [2.45, 2.75) is 52.5 Å². The van der Waals surface area contributed by atoms with Crippen molar-refractivity contribution in [1.82, 2.24) is 19.3 Å². The average molecular weight is 398 g/mol. The Hall–Kier alpha value is -1.71. The van der Waals surface area contributed by atoms with Gasteiger partial charge >= 0.3 is 0 Å². The molecule has 9 heteroatoms. The summed E-state index contributed by atoms with van der Waals surface area (Å²) in [6.45, 7) is 6.01. The minimum Gasteiger partial charge on any atom is -0.382 e. The van der Waals surface area contributed by atoms with Gasteiger partial charge in [0.2, 0.25) is 10.0 Å². The molecular weight excluding hydrogens is 366 g/mol. The number of aromatic nitrogens is 3. The smallest absolute Gasteiger partial charge is 0.208 e. The molecule has 3 N–H and O–H groups in total. The number of rotatable bonds is 12. The Bertz CT molecular complexity index is 848. The van der Waals surface area contributed by atoms with Crippen LogP contribution in [0.25, 0.3) is 11.0 Å². The Balaban J connectivity index is 2.16. The van der Waals surface area contributed by atoms with E-state index in [1.54, 1.807) is 0 Å². The molecule has 2 aromatic heterocycles. The fourth-order valence-electron chi connectivity index (χ4n) is 3.04. The average Bonchev–Trinajstić information content (AvgIpc) is 2.96. The number of unbranched alkanes of at least 4 members (excludes halogenated alkanes) is 1. The number of fused-ring (bicyclic) bond motifs is 1. The molecule has 0 unspecified atom stereocenters. The molecule has 0 spiro atoms. The van der Waals surface area contributed by atoms with Crippen LogP contribution < -0.4 is 10.5 Å². The van der Waals surface area contributed by atoms with Crippen molar-refractivity contribution < 1.29 is 13.2 Å². The van der Waals surface area contributed by atoms with Gasteiger partial charge in [-0.05, 0) is 24.8 Å². The van der Waals surface area contributed by atoms with E-state index >= 15 is 0 Å². The minimum absolute atomic E-state index is 0.268. The van der Waals surface area contributed by atoms with Gasteiger partial charge < -0.3 is 15.0 Å². The van der Waals surface area contributed by atoms with Gasteiger partial charge in [-0.2, -0.15) is 0 Å². The number of nitrogens with zero attached hydrogens (tertiary/aromatic N) is 3. The van der Waals surface area contributed by atoms with Gasteiger partial charge in [-0.3, -0.25) is 0 Å². The number of nitrogens with one attached hydrogen (secondary N) is 1. The van der Waals surface area contributed by atoms with Crippen LogP contribution in [0.2, 0.25) is 0 Å². The standard InChI is InChI=1S/C18H31N5O3S/c1-4-6-8-14-13-20-18(19)16-17(14)23(15(22-16)7-5-2)10-12-26-11-9-21-27(3,24)25/h13,21H,4-12H2,1-3H3,(H2,19,20). The Morgan fingerprint density at radius 3 is 2.67 bits per heavy atom. The van der Waals surface area contributed by atoms with Gasteiger partial charge in [0.25, 0.3) is 0 Å². The molecule has 27 heavy (non-hydrogen) atoms. The normalized spacial score (nSPS) is 12.1. The first-order chi connectivity index (χ1) is 12.9. The zero-order valence-electron chi connectivity index (χ0n) is 16.5. The molecule has 2 heterocycles. The van der Waals surface area contributed by atoms with E-state index in [2.05, 4.69) is 28.1 Å². The van der Waals surface area contributed by atoms with Gasteiger partial charge in [-0.25, -0.2) is 23.1 Å². The van der Waals surface area contributed by atoms with Crippen LogP contribution in [0.15, 0.2) is 6.20 Å². The van der Waals surface area contributed by atoms with E-state index in [0.29, 0.717) is 25.6 Å². The van der Waals surface area contributed by atoms with E-state index in [0.717, 1.165) is 60.8 Å². The Morgan fingerprint density at radius 1 is 1.22 bits per heavy atom. The highest BCUT2D eigenvalue weighted by molar-refractivity contribution is 7.88. The molecule has 0 fully saturated rings. The van der Waals surface area contributed by atoms with Crippen LogP contribution in [0.3, 0.4) is 0 Å². The van der Waals surface area contributed by atoms with Crippen molar-refractivity contribution in [3.8, 4) is 0 Å². The number of hydrogen-bond acceptors (Lipinski definition) is 6. The molecule has 0 atom stereocenters. The predicted molar refractivity (Wildman–Crippen MR) is 108 cm³/mol.